The van der Waals surface area contributed by atoms with Crippen molar-refractivity contribution in [2.24, 2.45) is 12.8 Å². The minimum Gasteiger partial charge on any atom is -0.483 e. The lowest BCUT2D eigenvalue weighted by Gasteiger charge is -2.31. The van der Waals surface area contributed by atoms with Gasteiger partial charge in [-0.2, -0.15) is 4.98 Å². The number of nitrogens with two attached hydrogens (primary N) is 1. The third-order valence-corrected chi connectivity index (χ3v) is 6.59. The SMILES string of the molecule is CC#CCn1c(N2CCC[C@H](N)C2)nc2c1c(=O)n(CC(=O)c1ccccc1OCC(=O)NCC)c(=O)n2C. The van der Waals surface area contributed by atoms with Crippen LogP contribution in [0.2, 0.25) is 0 Å². The number of nitrogens with zero attached hydrogens (tertiary/aromatic N) is 5. The molecule has 3 N–H and O–H groups in total. The van der Waals surface area contributed by atoms with Gasteiger partial charge in [0.15, 0.2) is 23.6 Å². The molecule has 3 heterocycles. The van der Waals surface area contributed by atoms with Crippen molar-refractivity contribution in [1.82, 2.24) is 24.0 Å². The highest BCUT2D eigenvalue weighted by Gasteiger charge is 2.27. The van der Waals surface area contributed by atoms with Crippen LogP contribution in [0.5, 0.6) is 5.75 Å². The molecule has 206 valence electrons. The van der Waals surface area contributed by atoms with Gasteiger partial charge in [-0.25, -0.2) is 4.79 Å². The van der Waals surface area contributed by atoms with Crippen molar-refractivity contribution in [3.8, 4) is 17.6 Å². The van der Waals surface area contributed by atoms with E-state index in [4.69, 9.17) is 10.5 Å². The van der Waals surface area contributed by atoms with Gasteiger partial charge in [0.2, 0.25) is 5.95 Å². The van der Waals surface area contributed by atoms with Crippen LogP contribution in [0.3, 0.4) is 0 Å². The maximum Gasteiger partial charge on any atom is 0.332 e. The summed E-state index contributed by atoms with van der Waals surface area (Å²) in [5, 5.41) is 2.62. The maximum absolute atomic E-state index is 13.7. The number of hydrogen-bond acceptors (Lipinski definition) is 8. The van der Waals surface area contributed by atoms with Crippen LogP contribution in [0, 0.1) is 11.8 Å². The van der Waals surface area contributed by atoms with Gasteiger partial charge in [-0.15, -0.1) is 5.92 Å². The number of carbonyl (C=O) groups is 2. The van der Waals surface area contributed by atoms with E-state index in [0.29, 0.717) is 25.6 Å². The topological polar surface area (TPSA) is 146 Å². The molecule has 3 aromatic rings. The van der Waals surface area contributed by atoms with E-state index >= 15 is 0 Å². The summed E-state index contributed by atoms with van der Waals surface area (Å²) < 4.78 is 9.42. The Hall–Kier alpha value is -4.37. The number of nitrogens with one attached hydrogen (secondary N) is 1. The zero-order chi connectivity index (χ0) is 28.1. The van der Waals surface area contributed by atoms with E-state index in [-0.39, 0.29) is 47.6 Å². The molecule has 0 saturated carbocycles. The van der Waals surface area contributed by atoms with Gasteiger partial charge < -0.3 is 20.7 Å². The third-order valence-electron chi connectivity index (χ3n) is 6.59. The number of piperidine rings is 1. The summed E-state index contributed by atoms with van der Waals surface area (Å²) in [6.07, 6.45) is 1.77. The molecule has 1 saturated heterocycles. The first-order valence-corrected chi connectivity index (χ1v) is 12.9. The van der Waals surface area contributed by atoms with Gasteiger partial charge in [0.1, 0.15) is 5.75 Å². The van der Waals surface area contributed by atoms with Gasteiger partial charge in [0.25, 0.3) is 11.5 Å². The average molecular weight is 536 g/mol. The second-order valence-corrected chi connectivity index (χ2v) is 9.34. The Kier molecular flexibility index (Phi) is 8.51. The molecular weight excluding hydrogens is 502 g/mol. The minimum absolute atomic E-state index is 0.0299. The van der Waals surface area contributed by atoms with E-state index in [2.05, 4.69) is 22.1 Å². The quantitative estimate of drug-likeness (QED) is 0.293. The summed E-state index contributed by atoms with van der Waals surface area (Å²) in [5.41, 5.74) is 5.44. The van der Waals surface area contributed by atoms with Gasteiger partial charge in [-0.1, -0.05) is 18.1 Å². The Bertz CT molecular complexity index is 1570. The molecule has 1 fully saturated rings. The van der Waals surface area contributed by atoms with Gasteiger partial charge in [-0.05, 0) is 38.8 Å². The lowest BCUT2D eigenvalue weighted by molar-refractivity contribution is -0.123. The largest absolute Gasteiger partial charge is 0.483 e. The molecule has 0 spiro atoms. The summed E-state index contributed by atoms with van der Waals surface area (Å²) in [6.45, 7) is 4.62. The first-order valence-electron chi connectivity index (χ1n) is 12.9. The smallest absolute Gasteiger partial charge is 0.332 e. The number of para-hydroxylation sites is 1. The highest BCUT2D eigenvalue weighted by atomic mass is 16.5. The number of carbonyl (C=O) groups excluding carboxylic acids is 2. The number of Topliss-reactive ketones (excluding diaryl/α,β-unsaturated/α-hetero) is 1. The zero-order valence-corrected chi connectivity index (χ0v) is 22.4. The van der Waals surface area contributed by atoms with E-state index < -0.39 is 23.6 Å². The molecule has 2 aromatic heterocycles. The maximum atomic E-state index is 13.7. The van der Waals surface area contributed by atoms with Crippen molar-refractivity contribution in [3.63, 3.8) is 0 Å². The Balaban J connectivity index is 1.76. The second kappa shape index (κ2) is 12.0. The number of aryl methyl sites for hydroxylation is 1. The van der Waals surface area contributed by atoms with E-state index in [1.165, 1.54) is 17.7 Å². The highest BCUT2D eigenvalue weighted by Crippen LogP contribution is 2.23. The number of amides is 1. The van der Waals surface area contributed by atoms with E-state index in [1.807, 2.05) is 4.90 Å². The Morgan fingerprint density at radius 1 is 1.23 bits per heavy atom. The molecule has 1 aliphatic heterocycles. The Morgan fingerprint density at radius 2 is 2.00 bits per heavy atom. The second-order valence-electron chi connectivity index (χ2n) is 9.34. The van der Waals surface area contributed by atoms with Crippen LogP contribution in [-0.4, -0.2) is 62.7 Å². The molecule has 0 bridgehead atoms. The number of ether oxygens (including phenoxy) is 1. The number of aromatic nitrogens is 4. The van der Waals surface area contributed by atoms with Crippen LogP contribution in [0.1, 0.15) is 37.0 Å². The Morgan fingerprint density at radius 3 is 2.72 bits per heavy atom. The number of likely N-dealkylation sites (N-methyl/N-ethyl adjacent to an activating group) is 1. The number of fused-ring (bicyclic) bond motifs is 1. The molecule has 12 nitrogen and oxygen atoms in total. The van der Waals surface area contributed by atoms with Crippen LogP contribution >= 0.6 is 0 Å². The molecule has 1 atom stereocenters. The molecule has 1 amide bonds. The van der Waals surface area contributed by atoms with Crippen molar-refractivity contribution in [2.45, 2.75) is 45.8 Å². The molecular formula is C27H33N7O5. The fourth-order valence-electron chi connectivity index (χ4n) is 4.68. The molecule has 0 unspecified atom stereocenters. The number of anilines is 1. The van der Waals surface area contributed by atoms with Crippen molar-refractivity contribution in [2.75, 3.05) is 31.1 Å². The molecule has 0 aliphatic carbocycles. The number of imidazole rings is 1. The summed E-state index contributed by atoms with van der Waals surface area (Å²) >= 11 is 0. The summed E-state index contributed by atoms with van der Waals surface area (Å²) in [4.78, 5) is 58.9. The molecule has 12 heteroatoms. The van der Waals surface area contributed by atoms with E-state index in [0.717, 1.165) is 17.4 Å². The molecule has 39 heavy (non-hydrogen) atoms. The fraction of sp³-hybridized carbons (Fsp3) is 0.444. The zero-order valence-electron chi connectivity index (χ0n) is 22.4. The average Bonchev–Trinajstić information content (AvgIpc) is 3.32. The Labute approximate surface area is 225 Å². The number of rotatable bonds is 9. The van der Waals surface area contributed by atoms with E-state index in [1.54, 1.807) is 36.6 Å². The monoisotopic (exact) mass is 535 g/mol. The summed E-state index contributed by atoms with van der Waals surface area (Å²) in [7, 11) is 1.52. The van der Waals surface area contributed by atoms with Crippen molar-refractivity contribution < 1.29 is 14.3 Å². The number of hydrogen-bond donors (Lipinski definition) is 2. The van der Waals surface area contributed by atoms with Crippen LogP contribution < -0.4 is 31.9 Å². The normalized spacial score (nSPS) is 15.1. The highest BCUT2D eigenvalue weighted by molar-refractivity contribution is 5.98. The van der Waals surface area contributed by atoms with Crippen LogP contribution in [0.4, 0.5) is 5.95 Å². The molecule has 0 radical (unpaired) electrons. The molecule has 4 rings (SSSR count). The summed E-state index contributed by atoms with van der Waals surface area (Å²) in [5.74, 6) is 5.69. The predicted molar refractivity (Wildman–Crippen MR) is 147 cm³/mol. The van der Waals surface area contributed by atoms with E-state index in [9.17, 15) is 19.2 Å². The first-order chi connectivity index (χ1) is 18.8. The first kappa shape index (κ1) is 27.7. The van der Waals surface area contributed by atoms with Crippen LogP contribution in [0.25, 0.3) is 11.2 Å². The molecule has 1 aromatic carbocycles. The summed E-state index contributed by atoms with van der Waals surface area (Å²) in [6, 6.07) is 6.37. The van der Waals surface area contributed by atoms with Crippen molar-refractivity contribution in [1.29, 1.82) is 0 Å². The molecule has 1 aliphatic rings. The van der Waals surface area contributed by atoms with Crippen molar-refractivity contribution >= 4 is 28.8 Å². The number of ketones is 1. The van der Waals surface area contributed by atoms with Gasteiger partial charge in [0, 0.05) is 32.7 Å². The van der Waals surface area contributed by atoms with Crippen LogP contribution in [-0.2, 0) is 24.9 Å². The van der Waals surface area contributed by atoms with Crippen molar-refractivity contribution in [3.05, 3.63) is 50.7 Å². The van der Waals surface area contributed by atoms with Gasteiger partial charge >= 0.3 is 5.69 Å². The van der Waals surface area contributed by atoms with Crippen LogP contribution in [0.15, 0.2) is 33.9 Å². The van der Waals surface area contributed by atoms with Gasteiger partial charge in [-0.3, -0.25) is 28.1 Å². The lowest BCUT2D eigenvalue weighted by atomic mass is 10.1. The fourth-order valence-corrected chi connectivity index (χ4v) is 4.68. The lowest BCUT2D eigenvalue weighted by Crippen LogP contribution is -2.44. The predicted octanol–water partition coefficient (Wildman–Crippen LogP) is 0.245. The number of benzene rings is 1. The minimum atomic E-state index is -0.672. The third kappa shape index (κ3) is 5.73. The van der Waals surface area contributed by atoms with Gasteiger partial charge in [0.05, 0.1) is 18.7 Å². The standard InChI is InChI=1S/C27H33N7O5/c1-4-6-14-33-23-24(30-26(33)32-13-9-10-18(28)15-32)31(3)27(38)34(25(23)37)16-20(35)19-11-7-8-12-21(19)39-17-22(36)29-5-2/h7-8,11-12,18H,5,9-10,13-17,28H2,1-3H3,(H,29,36)/t18-/m0/s1.